The van der Waals surface area contributed by atoms with Crippen molar-refractivity contribution < 1.29 is 41.5 Å². The molecule has 2 heterocycles. The predicted molar refractivity (Wildman–Crippen MR) is 141 cm³/mol. The molecule has 1 atom stereocenters. The standard InChI is InChI=1S/C25H26FN5O3.C2HF3O2/c1-15-12-16(23-28-19-13-17(26)8-10-20(19)31(23)4)7-9-18(15)29-25(33)24(32)27-14-21(30(2)3)22-6-5-11-34-22;3-2(4,5)1(6)7/h5-13,21H,14H2,1-4H3,(H,27,32)(H,29,33);(H,6,7). The van der Waals surface area contributed by atoms with E-state index in [4.69, 9.17) is 14.3 Å². The van der Waals surface area contributed by atoms with E-state index in [2.05, 4.69) is 15.6 Å². The maximum Gasteiger partial charge on any atom is 0.490 e. The lowest BCUT2D eigenvalue weighted by Gasteiger charge is -2.22. The van der Waals surface area contributed by atoms with Crippen LogP contribution in [0.25, 0.3) is 22.4 Å². The molecule has 2 aromatic carbocycles. The van der Waals surface area contributed by atoms with E-state index in [1.54, 1.807) is 30.5 Å². The minimum Gasteiger partial charge on any atom is -0.475 e. The van der Waals surface area contributed by atoms with E-state index in [9.17, 15) is 27.2 Å². The zero-order chi connectivity index (χ0) is 30.5. The second-order valence-corrected chi connectivity index (χ2v) is 9.12. The van der Waals surface area contributed by atoms with Crippen LogP contribution in [-0.2, 0) is 21.4 Å². The Hall–Kier alpha value is -4.72. The number of rotatable bonds is 6. The van der Waals surface area contributed by atoms with Crippen LogP contribution in [0.1, 0.15) is 17.4 Å². The Labute approximate surface area is 231 Å². The van der Waals surface area contributed by atoms with Crippen LogP contribution in [0.15, 0.2) is 59.2 Å². The van der Waals surface area contributed by atoms with Gasteiger partial charge in [-0.3, -0.25) is 14.5 Å². The molecule has 0 saturated heterocycles. The largest absolute Gasteiger partial charge is 0.490 e. The van der Waals surface area contributed by atoms with Crippen molar-refractivity contribution in [3.63, 3.8) is 0 Å². The fourth-order valence-electron chi connectivity index (χ4n) is 3.84. The molecule has 0 spiro atoms. The number of imidazole rings is 1. The predicted octanol–water partition coefficient (Wildman–Crippen LogP) is 4.27. The number of carbonyl (C=O) groups excluding carboxylic acids is 2. The van der Waals surface area contributed by atoms with Crippen LogP contribution in [0.2, 0.25) is 0 Å². The molecule has 0 aliphatic carbocycles. The first-order chi connectivity index (χ1) is 19.2. The minimum atomic E-state index is -5.08. The maximum absolute atomic E-state index is 13.6. The number of aryl methyl sites for hydroxylation is 2. The highest BCUT2D eigenvalue weighted by Crippen LogP contribution is 2.27. The van der Waals surface area contributed by atoms with E-state index in [1.807, 2.05) is 49.7 Å². The van der Waals surface area contributed by atoms with Crippen LogP contribution in [0.4, 0.5) is 23.2 Å². The number of likely N-dealkylation sites (N-methyl/N-ethyl adjacent to an activating group) is 1. The molecule has 0 bridgehead atoms. The number of amides is 2. The van der Waals surface area contributed by atoms with E-state index >= 15 is 0 Å². The third-order valence-corrected chi connectivity index (χ3v) is 5.98. The maximum atomic E-state index is 13.6. The summed E-state index contributed by atoms with van der Waals surface area (Å²) in [5.41, 5.74) is 3.47. The average molecular weight is 578 g/mol. The van der Waals surface area contributed by atoms with Gasteiger partial charge in [0.25, 0.3) is 0 Å². The Morgan fingerprint density at radius 2 is 1.78 bits per heavy atom. The van der Waals surface area contributed by atoms with Gasteiger partial charge < -0.3 is 24.7 Å². The van der Waals surface area contributed by atoms with E-state index in [-0.39, 0.29) is 18.4 Å². The zero-order valence-electron chi connectivity index (χ0n) is 22.4. The molecule has 2 aromatic heterocycles. The van der Waals surface area contributed by atoms with Crippen LogP contribution in [-0.4, -0.2) is 64.2 Å². The topological polar surface area (TPSA) is 130 Å². The molecule has 0 fully saturated rings. The summed E-state index contributed by atoms with van der Waals surface area (Å²) in [5.74, 6) is -3.22. The molecule has 0 aliphatic rings. The molecule has 4 rings (SSSR count). The number of halogens is 4. The van der Waals surface area contributed by atoms with Crippen molar-refractivity contribution in [2.24, 2.45) is 7.05 Å². The second kappa shape index (κ2) is 12.6. The summed E-state index contributed by atoms with van der Waals surface area (Å²) in [4.78, 5) is 40.2. The Balaban J connectivity index is 0.000000587. The van der Waals surface area contributed by atoms with Crippen molar-refractivity contribution in [3.05, 3.63) is 71.9 Å². The van der Waals surface area contributed by atoms with Crippen molar-refractivity contribution in [2.45, 2.75) is 19.1 Å². The summed E-state index contributed by atoms with van der Waals surface area (Å²) in [6.07, 6.45) is -3.52. The van der Waals surface area contributed by atoms with Crippen LogP contribution in [0, 0.1) is 12.7 Å². The number of hydrogen-bond acceptors (Lipinski definition) is 6. The van der Waals surface area contributed by atoms with Gasteiger partial charge in [0.1, 0.15) is 17.4 Å². The number of hydrogen-bond donors (Lipinski definition) is 3. The first-order valence-electron chi connectivity index (χ1n) is 12.0. The van der Waals surface area contributed by atoms with Gasteiger partial charge >= 0.3 is 24.0 Å². The van der Waals surface area contributed by atoms with Crippen molar-refractivity contribution in [1.29, 1.82) is 0 Å². The Bertz CT molecular complexity index is 1550. The fraction of sp³-hybridized carbons (Fsp3) is 0.259. The molecule has 218 valence electrons. The van der Waals surface area contributed by atoms with Crippen molar-refractivity contribution >= 4 is 34.5 Å². The summed E-state index contributed by atoms with van der Waals surface area (Å²) in [6.45, 7) is 2.05. The molecular weight excluding hydrogens is 550 g/mol. The van der Waals surface area contributed by atoms with Gasteiger partial charge in [0.15, 0.2) is 0 Å². The van der Waals surface area contributed by atoms with E-state index < -0.39 is 24.0 Å². The molecular formula is C27H27F4N5O5. The van der Waals surface area contributed by atoms with Gasteiger partial charge in [-0.25, -0.2) is 14.2 Å². The normalized spacial score (nSPS) is 12.0. The van der Waals surface area contributed by atoms with Gasteiger partial charge in [-0.05, 0) is 69.0 Å². The second-order valence-electron chi connectivity index (χ2n) is 9.12. The number of carboxylic acid groups (broad SMARTS) is 1. The third-order valence-electron chi connectivity index (χ3n) is 5.98. The van der Waals surface area contributed by atoms with Gasteiger partial charge in [-0.1, -0.05) is 0 Å². The molecule has 4 aromatic rings. The monoisotopic (exact) mass is 577 g/mol. The van der Waals surface area contributed by atoms with Crippen LogP contribution >= 0.6 is 0 Å². The van der Waals surface area contributed by atoms with Crippen molar-refractivity contribution in [1.82, 2.24) is 19.8 Å². The van der Waals surface area contributed by atoms with Gasteiger partial charge in [0.2, 0.25) is 0 Å². The number of furan rings is 1. The summed E-state index contributed by atoms with van der Waals surface area (Å²) < 4.78 is 52.6. The fourth-order valence-corrected chi connectivity index (χ4v) is 3.84. The number of carboxylic acids is 1. The molecule has 14 heteroatoms. The molecule has 1 unspecified atom stereocenters. The zero-order valence-corrected chi connectivity index (χ0v) is 22.4. The highest BCUT2D eigenvalue weighted by Gasteiger charge is 2.38. The number of nitrogens with zero attached hydrogens (tertiary/aromatic N) is 3. The van der Waals surface area contributed by atoms with Gasteiger partial charge in [0.05, 0.1) is 23.3 Å². The number of aliphatic carboxylic acids is 1. The lowest BCUT2D eigenvalue weighted by atomic mass is 10.1. The molecule has 0 radical (unpaired) electrons. The Morgan fingerprint density at radius 1 is 1.10 bits per heavy atom. The number of benzene rings is 2. The molecule has 10 nitrogen and oxygen atoms in total. The number of aromatic nitrogens is 2. The first kappa shape index (κ1) is 30.8. The van der Waals surface area contributed by atoms with E-state index in [0.717, 1.165) is 16.6 Å². The Kier molecular flexibility index (Phi) is 9.50. The minimum absolute atomic E-state index is 0.199. The van der Waals surface area contributed by atoms with E-state index in [0.29, 0.717) is 22.8 Å². The first-order valence-corrected chi connectivity index (χ1v) is 12.0. The number of nitrogens with one attached hydrogen (secondary N) is 2. The third kappa shape index (κ3) is 7.69. The van der Waals surface area contributed by atoms with Crippen LogP contribution in [0.3, 0.4) is 0 Å². The van der Waals surface area contributed by atoms with Crippen LogP contribution < -0.4 is 10.6 Å². The number of carbonyl (C=O) groups is 3. The number of fused-ring (bicyclic) bond motifs is 1. The highest BCUT2D eigenvalue weighted by atomic mass is 19.4. The molecule has 3 N–H and O–H groups in total. The molecule has 41 heavy (non-hydrogen) atoms. The number of anilines is 1. The summed E-state index contributed by atoms with van der Waals surface area (Å²) in [5, 5.41) is 12.4. The highest BCUT2D eigenvalue weighted by molar-refractivity contribution is 6.39. The van der Waals surface area contributed by atoms with Crippen LogP contribution in [0.5, 0.6) is 0 Å². The summed E-state index contributed by atoms with van der Waals surface area (Å²) in [7, 11) is 5.60. The smallest absolute Gasteiger partial charge is 0.475 e. The lowest BCUT2D eigenvalue weighted by Crippen LogP contribution is -2.40. The molecule has 2 amide bonds. The average Bonchev–Trinajstić information content (AvgIpc) is 3.53. The molecule has 0 saturated carbocycles. The SMILES string of the molecule is Cc1cc(-c2nc3cc(F)ccc3n2C)ccc1NC(=O)C(=O)NCC(c1ccco1)N(C)C.O=C(O)C(F)(F)F. The van der Waals surface area contributed by atoms with Crippen molar-refractivity contribution in [3.8, 4) is 11.4 Å². The van der Waals surface area contributed by atoms with Gasteiger partial charge in [-0.15, -0.1) is 0 Å². The van der Waals surface area contributed by atoms with E-state index in [1.165, 1.54) is 12.1 Å². The summed E-state index contributed by atoms with van der Waals surface area (Å²) in [6, 6.07) is 13.3. The Morgan fingerprint density at radius 3 is 2.34 bits per heavy atom. The van der Waals surface area contributed by atoms with Crippen molar-refractivity contribution in [2.75, 3.05) is 26.0 Å². The molecule has 0 aliphatic heterocycles. The van der Waals surface area contributed by atoms with Gasteiger partial charge in [-0.2, -0.15) is 13.2 Å². The van der Waals surface area contributed by atoms with Gasteiger partial charge in [0, 0.05) is 30.9 Å². The quantitative estimate of drug-likeness (QED) is 0.231. The lowest BCUT2D eigenvalue weighted by molar-refractivity contribution is -0.192. The number of alkyl halides is 3. The summed E-state index contributed by atoms with van der Waals surface area (Å²) >= 11 is 0.